The van der Waals surface area contributed by atoms with E-state index >= 15 is 0 Å². The van der Waals surface area contributed by atoms with E-state index in [2.05, 4.69) is 20.7 Å². The predicted molar refractivity (Wildman–Crippen MR) is 72.6 cm³/mol. The number of hydrogen-bond acceptors (Lipinski definition) is 4. The van der Waals surface area contributed by atoms with Gasteiger partial charge in [0.15, 0.2) is 5.78 Å². The summed E-state index contributed by atoms with van der Waals surface area (Å²) < 4.78 is 5.54. The maximum atomic E-state index is 12.3. The van der Waals surface area contributed by atoms with Gasteiger partial charge in [0.1, 0.15) is 0 Å². The van der Waals surface area contributed by atoms with Crippen LogP contribution >= 0.6 is 15.9 Å². The fourth-order valence-corrected chi connectivity index (χ4v) is 2.98. The molecule has 0 aromatic carbocycles. The molecule has 19 heavy (non-hydrogen) atoms. The van der Waals surface area contributed by atoms with Gasteiger partial charge in [-0.3, -0.25) is 9.59 Å². The Morgan fingerprint density at radius 1 is 1.42 bits per heavy atom. The van der Waals surface area contributed by atoms with E-state index < -0.39 is 17.7 Å². The molecule has 0 N–H and O–H groups in total. The molecule has 0 aromatic rings. The van der Waals surface area contributed by atoms with Crippen LogP contribution in [0.5, 0.6) is 0 Å². The Hall–Kier alpha value is -1.23. The smallest absolute Gasteiger partial charge is 0.375 e. The molecular weight excluding hydrogens is 312 g/mol. The van der Waals surface area contributed by atoms with Crippen molar-refractivity contribution in [2.75, 3.05) is 6.61 Å². The largest absolute Gasteiger partial charge is 0.460 e. The number of carbonyl (C=O) groups is 3. The Balaban J connectivity index is 2.17. The molecule has 0 radical (unpaired) electrons. The predicted octanol–water partition coefficient (Wildman–Crippen LogP) is 2.32. The third-order valence-corrected chi connectivity index (χ3v) is 4.08. The molecule has 2 aliphatic rings. The SMILES string of the molecule is CCOC(=O)C(=O)C1CCC2CC=C(Br)C=C2C1=O. The van der Waals surface area contributed by atoms with Crippen LogP contribution < -0.4 is 0 Å². The van der Waals surface area contributed by atoms with E-state index in [4.69, 9.17) is 0 Å². The van der Waals surface area contributed by atoms with Gasteiger partial charge in [-0.1, -0.05) is 22.0 Å². The van der Waals surface area contributed by atoms with Crippen LogP contribution in [0.1, 0.15) is 26.2 Å². The van der Waals surface area contributed by atoms with Crippen LogP contribution in [-0.4, -0.2) is 24.1 Å². The summed E-state index contributed by atoms with van der Waals surface area (Å²) >= 11 is 3.34. The van der Waals surface area contributed by atoms with Crippen molar-refractivity contribution in [2.45, 2.75) is 26.2 Å². The van der Waals surface area contributed by atoms with E-state index in [0.717, 1.165) is 17.3 Å². The maximum Gasteiger partial charge on any atom is 0.375 e. The zero-order chi connectivity index (χ0) is 14.0. The minimum atomic E-state index is -0.898. The molecule has 0 amide bonds. The second-order valence-electron chi connectivity index (χ2n) is 4.70. The van der Waals surface area contributed by atoms with Gasteiger partial charge in [0.05, 0.1) is 12.5 Å². The molecule has 2 rings (SSSR count). The number of Topliss-reactive ketones (excluding diaryl/α,β-unsaturated/α-hetero) is 2. The van der Waals surface area contributed by atoms with Crippen molar-refractivity contribution in [3.63, 3.8) is 0 Å². The zero-order valence-electron chi connectivity index (χ0n) is 10.6. The lowest BCUT2D eigenvalue weighted by molar-refractivity contribution is -0.157. The van der Waals surface area contributed by atoms with Crippen LogP contribution in [0.15, 0.2) is 22.2 Å². The Labute approximate surface area is 120 Å². The summed E-state index contributed by atoms with van der Waals surface area (Å²) in [4.78, 5) is 35.7. The first-order valence-electron chi connectivity index (χ1n) is 6.37. The first kappa shape index (κ1) is 14.2. The number of ketones is 2. The number of rotatable bonds is 3. The number of esters is 1. The molecule has 2 aliphatic carbocycles. The van der Waals surface area contributed by atoms with Gasteiger partial charge in [-0.15, -0.1) is 0 Å². The molecule has 0 heterocycles. The number of carbonyl (C=O) groups excluding carboxylic acids is 3. The average molecular weight is 327 g/mol. The van der Waals surface area contributed by atoms with E-state index in [0.29, 0.717) is 12.0 Å². The van der Waals surface area contributed by atoms with E-state index in [-0.39, 0.29) is 18.3 Å². The third-order valence-electron chi connectivity index (χ3n) is 3.53. The van der Waals surface area contributed by atoms with Gasteiger partial charge in [0.25, 0.3) is 5.78 Å². The second kappa shape index (κ2) is 5.82. The molecule has 0 spiro atoms. The van der Waals surface area contributed by atoms with Crippen LogP contribution in [0.4, 0.5) is 0 Å². The molecule has 102 valence electrons. The molecule has 0 aromatic heterocycles. The number of fused-ring (bicyclic) bond motifs is 1. The average Bonchev–Trinajstić information content (AvgIpc) is 2.39. The highest BCUT2D eigenvalue weighted by Gasteiger charge is 2.40. The van der Waals surface area contributed by atoms with Gasteiger partial charge >= 0.3 is 5.97 Å². The fraction of sp³-hybridized carbons (Fsp3) is 0.500. The number of halogens is 1. The van der Waals surface area contributed by atoms with Gasteiger partial charge in [-0.2, -0.15) is 0 Å². The van der Waals surface area contributed by atoms with Crippen LogP contribution in [0.3, 0.4) is 0 Å². The zero-order valence-corrected chi connectivity index (χ0v) is 12.2. The quantitative estimate of drug-likeness (QED) is 0.453. The van der Waals surface area contributed by atoms with Crippen LogP contribution in [-0.2, 0) is 19.1 Å². The number of allylic oxidation sites excluding steroid dienone is 4. The van der Waals surface area contributed by atoms with E-state index in [9.17, 15) is 14.4 Å². The summed E-state index contributed by atoms with van der Waals surface area (Å²) in [5.74, 6) is -2.51. The highest BCUT2D eigenvalue weighted by atomic mass is 79.9. The van der Waals surface area contributed by atoms with Crippen molar-refractivity contribution >= 4 is 33.5 Å². The molecule has 0 saturated heterocycles. The third kappa shape index (κ3) is 2.86. The fourth-order valence-electron chi connectivity index (χ4n) is 2.55. The minimum Gasteiger partial charge on any atom is -0.460 e. The molecule has 0 bridgehead atoms. The van der Waals surface area contributed by atoms with Crippen molar-refractivity contribution in [3.8, 4) is 0 Å². The van der Waals surface area contributed by atoms with Gasteiger partial charge in [-0.05, 0) is 38.2 Å². The summed E-state index contributed by atoms with van der Waals surface area (Å²) in [7, 11) is 0. The first-order valence-corrected chi connectivity index (χ1v) is 7.16. The molecule has 1 fully saturated rings. The van der Waals surface area contributed by atoms with Crippen molar-refractivity contribution in [2.24, 2.45) is 11.8 Å². The normalized spacial score (nSPS) is 26.1. The Morgan fingerprint density at radius 3 is 2.84 bits per heavy atom. The van der Waals surface area contributed by atoms with Crippen molar-refractivity contribution in [1.82, 2.24) is 0 Å². The molecule has 1 saturated carbocycles. The van der Waals surface area contributed by atoms with Gasteiger partial charge < -0.3 is 4.74 Å². The number of ether oxygens (including phenoxy) is 1. The lowest BCUT2D eigenvalue weighted by Crippen LogP contribution is -2.37. The van der Waals surface area contributed by atoms with Crippen LogP contribution in [0, 0.1) is 11.8 Å². The van der Waals surface area contributed by atoms with Crippen molar-refractivity contribution < 1.29 is 19.1 Å². The first-order chi connectivity index (χ1) is 9.04. The van der Waals surface area contributed by atoms with Crippen LogP contribution in [0.2, 0.25) is 0 Å². The van der Waals surface area contributed by atoms with Gasteiger partial charge in [0.2, 0.25) is 0 Å². The summed E-state index contributed by atoms with van der Waals surface area (Å²) in [6, 6.07) is 0. The lowest BCUT2D eigenvalue weighted by atomic mass is 9.73. The number of hydrogen-bond donors (Lipinski definition) is 0. The highest BCUT2D eigenvalue weighted by Crippen LogP contribution is 2.38. The minimum absolute atomic E-state index is 0.144. The standard InChI is InChI=1S/C14H15BrO4/c1-2-19-14(18)13(17)10-6-4-8-3-5-9(15)7-11(8)12(10)16/h5,7-8,10H,2-4,6H2,1H3. The molecule has 4 nitrogen and oxygen atoms in total. The molecule has 2 atom stereocenters. The maximum absolute atomic E-state index is 12.3. The molecular formula is C14H15BrO4. The second-order valence-corrected chi connectivity index (χ2v) is 5.62. The summed E-state index contributed by atoms with van der Waals surface area (Å²) in [5, 5.41) is 0. The van der Waals surface area contributed by atoms with Gasteiger partial charge in [-0.25, -0.2) is 4.79 Å². The lowest BCUT2D eigenvalue weighted by Gasteiger charge is -2.30. The highest BCUT2D eigenvalue weighted by molar-refractivity contribution is 9.11. The molecule has 2 unspecified atom stereocenters. The summed E-state index contributed by atoms with van der Waals surface area (Å²) in [6.45, 7) is 1.78. The summed E-state index contributed by atoms with van der Waals surface area (Å²) in [5.41, 5.74) is 0.656. The van der Waals surface area contributed by atoms with E-state index in [1.807, 2.05) is 6.08 Å². The molecule has 0 aliphatic heterocycles. The monoisotopic (exact) mass is 326 g/mol. The van der Waals surface area contributed by atoms with Crippen molar-refractivity contribution in [1.29, 1.82) is 0 Å². The van der Waals surface area contributed by atoms with Crippen LogP contribution in [0.25, 0.3) is 0 Å². The van der Waals surface area contributed by atoms with Crippen molar-refractivity contribution in [3.05, 3.63) is 22.2 Å². The Kier molecular flexibility index (Phi) is 4.34. The van der Waals surface area contributed by atoms with E-state index in [1.165, 1.54) is 0 Å². The molecule has 5 heteroatoms. The van der Waals surface area contributed by atoms with Gasteiger partial charge in [0, 0.05) is 10.1 Å². The Morgan fingerprint density at radius 2 is 2.16 bits per heavy atom. The Bertz CT molecular complexity index is 490. The summed E-state index contributed by atoms with van der Waals surface area (Å²) in [6.07, 6.45) is 5.78. The topological polar surface area (TPSA) is 60.4 Å². The van der Waals surface area contributed by atoms with E-state index in [1.54, 1.807) is 13.0 Å².